The van der Waals surface area contributed by atoms with E-state index < -0.39 is 0 Å². The fraction of sp³-hybridized carbons (Fsp3) is 0.250. The SMILES string of the molecule is CCCc1nccn1-c1ccc(I)cc1[N+](=O)[O-]. The molecule has 0 aliphatic rings. The molecule has 0 atom stereocenters. The molecular formula is C12H12IN3O2. The predicted octanol–water partition coefficient (Wildman–Crippen LogP) is 3.34. The number of aryl methyl sites for hydroxylation is 1. The zero-order chi connectivity index (χ0) is 13.1. The minimum absolute atomic E-state index is 0.109. The van der Waals surface area contributed by atoms with Crippen molar-refractivity contribution in [2.75, 3.05) is 0 Å². The zero-order valence-corrected chi connectivity index (χ0v) is 12.0. The number of hydrogen-bond donors (Lipinski definition) is 0. The van der Waals surface area contributed by atoms with Gasteiger partial charge in [-0.15, -0.1) is 0 Å². The molecule has 0 saturated heterocycles. The van der Waals surface area contributed by atoms with Gasteiger partial charge in [-0.05, 0) is 41.1 Å². The van der Waals surface area contributed by atoms with Gasteiger partial charge >= 0.3 is 0 Å². The second-order valence-corrected chi connectivity index (χ2v) is 5.10. The van der Waals surface area contributed by atoms with Crippen molar-refractivity contribution in [1.82, 2.24) is 9.55 Å². The fourth-order valence-corrected chi connectivity index (χ4v) is 2.28. The van der Waals surface area contributed by atoms with Crippen molar-refractivity contribution < 1.29 is 4.92 Å². The average molecular weight is 357 g/mol. The first kappa shape index (κ1) is 13.0. The summed E-state index contributed by atoms with van der Waals surface area (Å²) in [7, 11) is 0. The van der Waals surface area contributed by atoms with Gasteiger partial charge in [0.05, 0.1) is 4.92 Å². The van der Waals surface area contributed by atoms with E-state index in [1.54, 1.807) is 29.1 Å². The van der Waals surface area contributed by atoms with E-state index in [0.717, 1.165) is 22.2 Å². The van der Waals surface area contributed by atoms with Gasteiger partial charge in [0.25, 0.3) is 5.69 Å². The lowest BCUT2D eigenvalue weighted by molar-refractivity contribution is -0.384. The van der Waals surface area contributed by atoms with Crippen LogP contribution in [0.3, 0.4) is 0 Å². The molecule has 6 heteroatoms. The van der Waals surface area contributed by atoms with Crippen LogP contribution in [0.2, 0.25) is 0 Å². The summed E-state index contributed by atoms with van der Waals surface area (Å²) in [6.07, 6.45) is 5.19. The summed E-state index contributed by atoms with van der Waals surface area (Å²) in [5.41, 5.74) is 0.679. The summed E-state index contributed by atoms with van der Waals surface area (Å²) in [5, 5.41) is 11.1. The van der Waals surface area contributed by atoms with Gasteiger partial charge < -0.3 is 0 Å². The van der Waals surface area contributed by atoms with Gasteiger partial charge in [0.15, 0.2) is 0 Å². The molecule has 0 aliphatic heterocycles. The van der Waals surface area contributed by atoms with Crippen molar-refractivity contribution in [2.45, 2.75) is 19.8 Å². The number of rotatable bonds is 4. The minimum Gasteiger partial charge on any atom is -0.298 e. The maximum atomic E-state index is 11.1. The molecule has 0 fully saturated rings. The van der Waals surface area contributed by atoms with Gasteiger partial charge in [-0.25, -0.2) is 4.98 Å². The predicted molar refractivity (Wildman–Crippen MR) is 76.9 cm³/mol. The van der Waals surface area contributed by atoms with Gasteiger partial charge in [0, 0.05) is 28.5 Å². The Balaban J connectivity index is 2.56. The van der Waals surface area contributed by atoms with Crippen LogP contribution in [0, 0.1) is 13.7 Å². The van der Waals surface area contributed by atoms with Crippen molar-refractivity contribution in [2.24, 2.45) is 0 Å². The van der Waals surface area contributed by atoms with Crippen LogP contribution in [0.25, 0.3) is 5.69 Å². The fourth-order valence-electron chi connectivity index (χ4n) is 1.81. The highest BCUT2D eigenvalue weighted by atomic mass is 127. The average Bonchev–Trinajstić information content (AvgIpc) is 2.77. The molecule has 1 aromatic carbocycles. The van der Waals surface area contributed by atoms with Crippen LogP contribution < -0.4 is 0 Å². The number of benzene rings is 1. The molecule has 2 aromatic rings. The summed E-state index contributed by atoms with van der Waals surface area (Å²) < 4.78 is 2.64. The highest BCUT2D eigenvalue weighted by Gasteiger charge is 2.17. The number of nitrogens with zero attached hydrogens (tertiary/aromatic N) is 3. The van der Waals surface area contributed by atoms with Gasteiger partial charge in [-0.3, -0.25) is 14.7 Å². The maximum absolute atomic E-state index is 11.1. The molecule has 1 aromatic heterocycles. The lowest BCUT2D eigenvalue weighted by atomic mass is 10.2. The van der Waals surface area contributed by atoms with E-state index in [4.69, 9.17) is 0 Å². The molecule has 0 N–H and O–H groups in total. The Morgan fingerprint density at radius 1 is 1.50 bits per heavy atom. The molecule has 1 heterocycles. The normalized spacial score (nSPS) is 10.6. The second-order valence-electron chi connectivity index (χ2n) is 3.85. The molecule has 0 saturated carbocycles. The standard InChI is InChI=1S/C12H12IN3O2/c1-2-3-12-14-6-7-15(12)10-5-4-9(13)8-11(10)16(17)18/h4-8H,2-3H2,1H3. The Morgan fingerprint density at radius 3 is 2.94 bits per heavy atom. The Morgan fingerprint density at radius 2 is 2.28 bits per heavy atom. The van der Waals surface area contributed by atoms with E-state index in [9.17, 15) is 10.1 Å². The van der Waals surface area contributed by atoms with E-state index in [1.165, 1.54) is 0 Å². The third-order valence-electron chi connectivity index (χ3n) is 2.58. The highest BCUT2D eigenvalue weighted by Crippen LogP contribution is 2.26. The van der Waals surface area contributed by atoms with Crippen LogP contribution in [0.1, 0.15) is 19.2 Å². The monoisotopic (exact) mass is 357 g/mol. The minimum atomic E-state index is -0.354. The highest BCUT2D eigenvalue weighted by molar-refractivity contribution is 14.1. The molecule has 0 unspecified atom stereocenters. The first-order valence-corrected chi connectivity index (χ1v) is 6.68. The van der Waals surface area contributed by atoms with E-state index in [1.807, 2.05) is 6.07 Å². The smallest absolute Gasteiger partial charge is 0.294 e. The van der Waals surface area contributed by atoms with Crippen molar-refractivity contribution in [3.63, 3.8) is 0 Å². The third-order valence-corrected chi connectivity index (χ3v) is 3.26. The van der Waals surface area contributed by atoms with Crippen LogP contribution in [0.4, 0.5) is 5.69 Å². The van der Waals surface area contributed by atoms with E-state index in [0.29, 0.717) is 5.69 Å². The largest absolute Gasteiger partial charge is 0.298 e. The Bertz CT molecular complexity index is 580. The van der Waals surface area contributed by atoms with Crippen LogP contribution in [0.15, 0.2) is 30.6 Å². The van der Waals surface area contributed by atoms with E-state index >= 15 is 0 Å². The number of nitro groups is 1. The lowest BCUT2D eigenvalue weighted by Crippen LogP contribution is -2.04. The van der Waals surface area contributed by atoms with Crippen LogP contribution >= 0.6 is 22.6 Å². The van der Waals surface area contributed by atoms with Gasteiger partial charge in [-0.1, -0.05) is 6.92 Å². The summed E-state index contributed by atoms with van der Waals surface area (Å²) in [4.78, 5) is 15.0. The topological polar surface area (TPSA) is 61.0 Å². The first-order chi connectivity index (χ1) is 8.63. The Labute approximate surface area is 118 Å². The molecule has 0 radical (unpaired) electrons. The number of halogens is 1. The van der Waals surface area contributed by atoms with Gasteiger partial charge in [0.1, 0.15) is 11.5 Å². The molecule has 94 valence electrons. The number of imidazole rings is 1. The van der Waals surface area contributed by atoms with Crippen LogP contribution in [-0.2, 0) is 6.42 Å². The summed E-state index contributed by atoms with van der Waals surface area (Å²) >= 11 is 2.07. The summed E-state index contributed by atoms with van der Waals surface area (Å²) in [6.45, 7) is 2.06. The Kier molecular flexibility index (Phi) is 3.95. The maximum Gasteiger partial charge on any atom is 0.294 e. The lowest BCUT2D eigenvalue weighted by Gasteiger charge is -2.08. The molecule has 2 rings (SSSR count). The summed E-state index contributed by atoms with van der Waals surface area (Å²) in [5.74, 6) is 0.849. The van der Waals surface area contributed by atoms with E-state index in [-0.39, 0.29) is 10.6 Å². The molecule has 0 bridgehead atoms. The molecule has 0 aliphatic carbocycles. The molecule has 0 spiro atoms. The van der Waals surface area contributed by atoms with Crippen molar-refractivity contribution in [1.29, 1.82) is 0 Å². The molecule has 5 nitrogen and oxygen atoms in total. The number of aromatic nitrogens is 2. The van der Waals surface area contributed by atoms with Crippen molar-refractivity contribution in [3.05, 3.63) is 50.1 Å². The first-order valence-electron chi connectivity index (χ1n) is 5.60. The van der Waals surface area contributed by atoms with E-state index in [2.05, 4.69) is 34.5 Å². The molecule has 0 amide bonds. The third kappa shape index (κ3) is 2.53. The molecule has 18 heavy (non-hydrogen) atoms. The second kappa shape index (κ2) is 5.47. The number of hydrogen-bond acceptors (Lipinski definition) is 3. The quantitative estimate of drug-likeness (QED) is 0.479. The number of nitro benzene ring substituents is 1. The Hall–Kier alpha value is -1.44. The van der Waals surface area contributed by atoms with Gasteiger partial charge in [-0.2, -0.15) is 0 Å². The van der Waals surface area contributed by atoms with Crippen molar-refractivity contribution >= 4 is 28.3 Å². The van der Waals surface area contributed by atoms with Gasteiger partial charge in [0.2, 0.25) is 0 Å². The summed E-state index contributed by atoms with van der Waals surface area (Å²) in [6, 6.07) is 5.20. The van der Waals surface area contributed by atoms with Crippen molar-refractivity contribution in [3.8, 4) is 5.69 Å². The van der Waals surface area contributed by atoms with Crippen LogP contribution in [0.5, 0.6) is 0 Å². The zero-order valence-electron chi connectivity index (χ0n) is 9.84. The molecular weight excluding hydrogens is 345 g/mol. The van der Waals surface area contributed by atoms with Crippen LogP contribution in [-0.4, -0.2) is 14.5 Å².